The maximum absolute atomic E-state index is 14.0. The number of carbonyl (C=O) groups excluding carboxylic acids is 1. The number of carbonyl (C=O) groups is 1. The molecule has 1 amide bonds. The van der Waals surface area contributed by atoms with Crippen LogP contribution in [0.5, 0.6) is 11.8 Å². The van der Waals surface area contributed by atoms with Gasteiger partial charge in [-0.25, -0.2) is 9.59 Å². The highest BCUT2D eigenvalue weighted by molar-refractivity contribution is 5.91. The van der Waals surface area contributed by atoms with Crippen LogP contribution in [0.1, 0.15) is 31.9 Å². The van der Waals surface area contributed by atoms with Crippen LogP contribution in [-0.4, -0.2) is 56.9 Å². The van der Waals surface area contributed by atoms with Gasteiger partial charge >= 0.3 is 11.8 Å². The van der Waals surface area contributed by atoms with E-state index in [0.717, 1.165) is 40.9 Å². The average Bonchev–Trinajstić information content (AvgIpc) is 3.27. The van der Waals surface area contributed by atoms with Gasteiger partial charge < -0.3 is 24.0 Å². The summed E-state index contributed by atoms with van der Waals surface area (Å²) in [6.07, 6.45) is -0.265. The molecule has 0 unspecified atom stereocenters. The molecule has 0 radical (unpaired) electrons. The molecule has 4 heterocycles. The predicted molar refractivity (Wildman–Crippen MR) is 180 cm³/mol. The Bertz CT molecular complexity index is 1970. The molecule has 10 nitrogen and oxygen atoms in total. The summed E-state index contributed by atoms with van der Waals surface area (Å²) in [5.41, 5.74) is 4.42. The van der Waals surface area contributed by atoms with Gasteiger partial charge in [0.2, 0.25) is 11.8 Å². The van der Waals surface area contributed by atoms with Crippen LogP contribution in [0.4, 0.5) is 10.5 Å². The largest absolute Gasteiger partial charge is 0.473 e. The first-order chi connectivity index (χ1) is 22.6. The minimum atomic E-state index is -0.517. The minimum Gasteiger partial charge on any atom is -0.473 e. The Morgan fingerprint density at radius 1 is 0.787 bits per heavy atom. The van der Waals surface area contributed by atoms with Gasteiger partial charge in [-0.2, -0.15) is 4.98 Å². The van der Waals surface area contributed by atoms with Crippen molar-refractivity contribution < 1.29 is 19.0 Å². The van der Waals surface area contributed by atoms with Crippen LogP contribution >= 0.6 is 0 Å². The number of para-hydroxylation sites is 1. The van der Waals surface area contributed by atoms with Gasteiger partial charge in [0.15, 0.2) is 0 Å². The molecule has 2 aliphatic rings. The Balaban J connectivity index is 1.17. The first kappa shape index (κ1) is 30.4. The molecule has 0 bridgehead atoms. The Hall–Kier alpha value is -5.25. The van der Waals surface area contributed by atoms with Gasteiger partial charge in [0, 0.05) is 44.7 Å². The molecule has 0 N–H and O–H groups in total. The Labute approximate surface area is 273 Å². The van der Waals surface area contributed by atoms with E-state index in [2.05, 4.69) is 11.0 Å². The van der Waals surface area contributed by atoms with Crippen LogP contribution in [0.2, 0.25) is 0 Å². The maximum atomic E-state index is 14.0. The summed E-state index contributed by atoms with van der Waals surface area (Å²) < 4.78 is 21.2. The number of aromatic nitrogens is 3. The van der Waals surface area contributed by atoms with Crippen molar-refractivity contribution in [1.82, 2.24) is 19.0 Å². The summed E-state index contributed by atoms with van der Waals surface area (Å²) in [4.78, 5) is 35.3. The van der Waals surface area contributed by atoms with Crippen LogP contribution in [0, 0.1) is 5.41 Å². The molecule has 0 saturated carbocycles. The molecule has 5 aromatic rings. The van der Waals surface area contributed by atoms with Gasteiger partial charge in [-0.05, 0) is 50.1 Å². The van der Waals surface area contributed by atoms with Crippen LogP contribution in [0.3, 0.4) is 0 Å². The third-order valence-electron chi connectivity index (χ3n) is 8.65. The number of nitrogens with zero attached hydrogens (tertiary/aromatic N) is 5. The summed E-state index contributed by atoms with van der Waals surface area (Å²) in [7, 11) is 1.79. The number of anilines is 1. The highest BCUT2D eigenvalue weighted by atomic mass is 16.6. The standard InChI is InChI=1S/C37H39N5O5/c1-36(2,3)47-35(44)41-24-37(25-41)22-40(23-37)28-16-11-17-29-32(28)39(4)34(43)42(29)30-18-19-31(45-20-26-12-7-5-8-13-26)38-33(30)46-21-27-14-9-6-10-15-27/h5-19H,20-25H2,1-4H3. The first-order valence-electron chi connectivity index (χ1n) is 15.9. The predicted octanol–water partition coefficient (Wildman–Crippen LogP) is 5.94. The van der Waals surface area contributed by atoms with Crippen molar-refractivity contribution in [3.63, 3.8) is 0 Å². The monoisotopic (exact) mass is 633 g/mol. The number of fused-ring (bicyclic) bond motifs is 1. The molecule has 3 aromatic carbocycles. The van der Waals surface area contributed by atoms with E-state index in [0.29, 0.717) is 37.1 Å². The smallest absolute Gasteiger partial charge is 0.410 e. The van der Waals surface area contributed by atoms with E-state index < -0.39 is 5.60 Å². The van der Waals surface area contributed by atoms with Crippen LogP contribution in [0.25, 0.3) is 16.7 Å². The quantitative estimate of drug-likeness (QED) is 0.209. The summed E-state index contributed by atoms with van der Waals surface area (Å²) in [6.45, 7) is 9.21. The van der Waals surface area contributed by atoms with E-state index >= 15 is 0 Å². The van der Waals surface area contributed by atoms with Crippen molar-refractivity contribution in [2.45, 2.75) is 39.6 Å². The van der Waals surface area contributed by atoms with E-state index in [9.17, 15) is 9.59 Å². The van der Waals surface area contributed by atoms with E-state index in [1.54, 1.807) is 27.1 Å². The molecule has 2 fully saturated rings. The Kier molecular flexibility index (Phi) is 7.66. The number of amides is 1. The van der Waals surface area contributed by atoms with Gasteiger partial charge in [-0.1, -0.05) is 66.7 Å². The summed E-state index contributed by atoms with van der Waals surface area (Å²) >= 11 is 0. The molecule has 0 atom stereocenters. The molecule has 7 rings (SSSR count). The number of pyridine rings is 1. The number of ether oxygens (including phenoxy) is 3. The molecule has 1 spiro atoms. The van der Waals surface area contributed by atoms with Gasteiger partial charge in [-0.15, -0.1) is 0 Å². The normalized spacial score (nSPS) is 15.3. The van der Waals surface area contributed by atoms with Crippen molar-refractivity contribution in [2.24, 2.45) is 12.5 Å². The molecule has 242 valence electrons. The van der Waals surface area contributed by atoms with Crippen LogP contribution in [0.15, 0.2) is 95.8 Å². The van der Waals surface area contributed by atoms with Gasteiger partial charge in [0.25, 0.3) is 0 Å². The zero-order valence-electron chi connectivity index (χ0n) is 27.2. The third-order valence-corrected chi connectivity index (χ3v) is 8.65. The third kappa shape index (κ3) is 6.03. The van der Waals surface area contributed by atoms with Crippen molar-refractivity contribution in [2.75, 3.05) is 31.1 Å². The summed E-state index contributed by atoms with van der Waals surface area (Å²) in [5.74, 6) is 0.709. The minimum absolute atomic E-state index is 0.0401. The molecule has 10 heteroatoms. The molecule has 2 aliphatic heterocycles. The highest BCUT2D eigenvalue weighted by Gasteiger charge is 2.54. The summed E-state index contributed by atoms with van der Waals surface area (Å²) in [5, 5.41) is 0. The van der Waals surface area contributed by atoms with Crippen molar-refractivity contribution in [1.29, 1.82) is 0 Å². The Morgan fingerprint density at radius 3 is 2.06 bits per heavy atom. The zero-order chi connectivity index (χ0) is 32.8. The second kappa shape index (κ2) is 11.8. The van der Waals surface area contributed by atoms with Crippen molar-refractivity contribution >= 4 is 22.8 Å². The van der Waals surface area contributed by atoms with Crippen molar-refractivity contribution in [3.8, 4) is 17.4 Å². The number of hydrogen-bond donors (Lipinski definition) is 0. The number of hydrogen-bond acceptors (Lipinski definition) is 7. The van der Waals surface area contributed by atoms with Crippen molar-refractivity contribution in [3.05, 3.63) is 113 Å². The lowest BCUT2D eigenvalue weighted by molar-refractivity contribution is -0.0452. The van der Waals surface area contributed by atoms with E-state index in [-0.39, 0.29) is 23.8 Å². The van der Waals surface area contributed by atoms with Gasteiger partial charge in [0.05, 0.1) is 16.7 Å². The number of likely N-dealkylation sites (tertiary alicyclic amines) is 1. The molecule has 2 saturated heterocycles. The van der Waals surface area contributed by atoms with E-state index in [1.807, 2.05) is 99.6 Å². The fourth-order valence-corrected chi connectivity index (χ4v) is 6.46. The molecule has 2 aromatic heterocycles. The fourth-order valence-electron chi connectivity index (χ4n) is 6.46. The highest BCUT2D eigenvalue weighted by Crippen LogP contribution is 2.44. The second-order valence-electron chi connectivity index (χ2n) is 13.5. The first-order valence-corrected chi connectivity index (χ1v) is 15.9. The molecular weight excluding hydrogens is 594 g/mol. The molecule has 0 aliphatic carbocycles. The average molecular weight is 634 g/mol. The van der Waals surface area contributed by atoms with Gasteiger partial charge in [-0.3, -0.25) is 9.13 Å². The second-order valence-corrected chi connectivity index (χ2v) is 13.5. The lowest BCUT2D eigenvalue weighted by atomic mass is 9.72. The number of aryl methyl sites for hydroxylation is 1. The lowest BCUT2D eigenvalue weighted by Gasteiger charge is -2.60. The molecule has 47 heavy (non-hydrogen) atoms. The number of rotatable bonds is 8. The Morgan fingerprint density at radius 2 is 1.43 bits per heavy atom. The van der Waals surface area contributed by atoms with E-state index in [1.165, 1.54) is 0 Å². The molecular formula is C37H39N5O5. The number of benzene rings is 3. The fraction of sp³-hybridized carbons (Fsp3) is 0.324. The van der Waals surface area contributed by atoms with Crippen LogP contribution in [-0.2, 0) is 25.0 Å². The lowest BCUT2D eigenvalue weighted by Crippen LogP contribution is -2.73. The number of imidazole rings is 1. The van der Waals surface area contributed by atoms with Gasteiger partial charge in [0.1, 0.15) is 24.5 Å². The SMILES string of the molecule is Cn1c(=O)n(-c2ccc(OCc3ccccc3)nc2OCc2ccccc2)c2cccc(N3CC4(CN(C(=O)OC(C)(C)C)C4)C3)c21. The topological polar surface area (TPSA) is 91.1 Å². The van der Waals surface area contributed by atoms with Crippen LogP contribution < -0.4 is 20.1 Å². The summed E-state index contributed by atoms with van der Waals surface area (Å²) in [6, 6.07) is 29.3. The van der Waals surface area contributed by atoms with E-state index in [4.69, 9.17) is 19.2 Å². The zero-order valence-corrected chi connectivity index (χ0v) is 27.2. The maximum Gasteiger partial charge on any atom is 0.410 e.